The Balaban J connectivity index is 2.27. The Morgan fingerprint density at radius 3 is 2.75 bits per heavy atom. The molecule has 0 aliphatic carbocycles. The zero-order valence-corrected chi connectivity index (χ0v) is 9.22. The molecule has 0 spiro atoms. The quantitative estimate of drug-likeness (QED) is 0.734. The number of likely N-dealkylation sites (tertiary alicyclic amines) is 1. The topological polar surface area (TPSA) is 29.5 Å². The van der Waals surface area contributed by atoms with E-state index in [0.29, 0.717) is 6.42 Å². The van der Waals surface area contributed by atoms with Crippen LogP contribution in [-0.4, -0.2) is 42.8 Å². The Labute approximate surface area is 92.5 Å². The summed E-state index contributed by atoms with van der Waals surface area (Å²) >= 11 is 0. The number of hydrogen-bond donors (Lipinski definition) is 0. The van der Waals surface area contributed by atoms with Crippen LogP contribution in [0.1, 0.15) is 26.2 Å². The minimum atomic E-state index is -4.56. The van der Waals surface area contributed by atoms with Gasteiger partial charge in [-0.3, -0.25) is 14.4 Å². The molecule has 1 atom stereocenters. The van der Waals surface area contributed by atoms with Crippen molar-refractivity contribution in [1.82, 2.24) is 4.90 Å². The van der Waals surface area contributed by atoms with E-state index in [9.17, 15) is 18.0 Å². The summed E-state index contributed by atoms with van der Waals surface area (Å²) in [5.41, 5.74) is 0. The molecular formula is C10H16F3NO2. The Morgan fingerprint density at radius 2 is 2.19 bits per heavy atom. The third kappa shape index (κ3) is 4.94. The van der Waals surface area contributed by atoms with Crippen molar-refractivity contribution in [3.63, 3.8) is 0 Å². The van der Waals surface area contributed by atoms with Crippen LogP contribution in [0.15, 0.2) is 0 Å². The summed E-state index contributed by atoms with van der Waals surface area (Å²) < 4.78 is 38.9. The predicted molar refractivity (Wildman–Crippen MR) is 51.9 cm³/mol. The Bertz CT molecular complexity index is 243. The lowest BCUT2D eigenvalue weighted by molar-refractivity contribution is -0.325. The minimum Gasteiger partial charge on any atom is -0.300 e. The van der Waals surface area contributed by atoms with Gasteiger partial charge in [0.05, 0.1) is 6.61 Å². The van der Waals surface area contributed by atoms with Crippen LogP contribution in [0.2, 0.25) is 0 Å². The first kappa shape index (κ1) is 13.4. The van der Waals surface area contributed by atoms with Gasteiger partial charge in [-0.1, -0.05) is 0 Å². The van der Waals surface area contributed by atoms with Crippen LogP contribution in [0, 0.1) is 0 Å². The maximum absolute atomic E-state index is 11.7. The second-order valence-electron chi connectivity index (χ2n) is 4.03. The maximum atomic E-state index is 11.7. The molecule has 0 radical (unpaired) electrons. The zero-order chi connectivity index (χ0) is 12.2. The molecule has 0 aromatic carbocycles. The number of ether oxygens (including phenoxy) is 1. The molecule has 1 aliphatic rings. The first-order valence-corrected chi connectivity index (χ1v) is 5.32. The normalized spacial score (nSPS) is 22.6. The maximum Gasteiger partial charge on any atom is 0.522 e. The summed E-state index contributed by atoms with van der Waals surface area (Å²) in [6.45, 7) is 2.12. The van der Waals surface area contributed by atoms with Crippen molar-refractivity contribution in [2.45, 2.75) is 38.6 Å². The lowest BCUT2D eigenvalue weighted by Crippen LogP contribution is -2.34. The van der Waals surface area contributed by atoms with E-state index in [0.717, 1.165) is 19.4 Å². The van der Waals surface area contributed by atoms with Gasteiger partial charge in [-0.2, -0.15) is 0 Å². The Hall–Kier alpha value is -0.620. The molecule has 3 nitrogen and oxygen atoms in total. The van der Waals surface area contributed by atoms with Gasteiger partial charge >= 0.3 is 6.36 Å². The van der Waals surface area contributed by atoms with Gasteiger partial charge in [0.25, 0.3) is 0 Å². The third-order valence-electron chi connectivity index (χ3n) is 2.67. The first-order chi connectivity index (χ1) is 7.38. The average molecular weight is 239 g/mol. The fraction of sp³-hybridized carbons (Fsp3) is 0.900. The van der Waals surface area contributed by atoms with Gasteiger partial charge < -0.3 is 0 Å². The highest BCUT2D eigenvalue weighted by Crippen LogP contribution is 2.21. The highest BCUT2D eigenvalue weighted by atomic mass is 19.4. The van der Waals surface area contributed by atoms with E-state index in [4.69, 9.17) is 0 Å². The van der Waals surface area contributed by atoms with Crippen LogP contribution in [-0.2, 0) is 9.53 Å². The Morgan fingerprint density at radius 1 is 1.50 bits per heavy atom. The molecule has 1 heterocycles. The largest absolute Gasteiger partial charge is 0.522 e. The van der Waals surface area contributed by atoms with Crippen LogP contribution in [0.4, 0.5) is 13.2 Å². The molecule has 94 valence electrons. The van der Waals surface area contributed by atoms with E-state index in [1.54, 1.807) is 0 Å². The van der Waals surface area contributed by atoms with Gasteiger partial charge in [0, 0.05) is 19.0 Å². The molecule has 0 aromatic heterocycles. The summed E-state index contributed by atoms with van der Waals surface area (Å²) in [4.78, 5) is 12.8. The van der Waals surface area contributed by atoms with E-state index in [-0.39, 0.29) is 25.0 Å². The fourth-order valence-electron chi connectivity index (χ4n) is 2.03. The molecule has 0 amide bonds. The fourth-order valence-corrected chi connectivity index (χ4v) is 2.03. The number of hydrogen-bond acceptors (Lipinski definition) is 3. The summed E-state index contributed by atoms with van der Waals surface area (Å²) in [6.07, 6.45) is -2.32. The van der Waals surface area contributed by atoms with Gasteiger partial charge in [0.15, 0.2) is 0 Å². The highest BCUT2D eigenvalue weighted by molar-refractivity contribution is 5.76. The Kier molecular flexibility index (Phi) is 4.73. The average Bonchev–Trinajstić information content (AvgIpc) is 2.49. The number of Topliss-reactive ketones (excluding diaryl/α,β-unsaturated/α-hetero) is 1. The monoisotopic (exact) mass is 239 g/mol. The van der Waals surface area contributed by atoms with Gasteiger partial charge in [-0.05, 0) is 26.3 Å². The summed E-state index contributed by atoms with van der Waals surface area (Å²) in [5.74, 6) is 0.0774. The molecule has 0 saturated carbocycles. The molecule has 0 aromatic rings. The first-order valence-electron chi connectivity index (χ1n) is 5.32. The molecular weight excluding hydrogens is 223 g/mol. The number of alkyl halides is 3. The van der Waals surface area contributed by atoms with Crippen molar-refractivity contribution >= 4 is 5.78 Å². The van der Waals surface area contributed by atoms with Crippen LogP contribution >= 0.6 is 0 Å². The standard InChI is InChI=1S/C10H16F3NO2/c1-8(15)7-9-3-2-4-14(9)5-6-16-10(11,12)13/h9H,2-7H2,1H3. The third-order valence-corrected chi connectivity index (χ3v) is 2.67. The number of halogens is 3. The summed E-state index contributed by atoms with van der Waals surface area (Å²) in [5, 5.41) is 0. The smallest absolute Gasteiger partial charge is 0.300 e. The molecule has 1 rings (SSSR count). The molecule has 1 aliphatic heterocycles. The van der Waals surface area contributed by atoms with Crippen LogP contribution in [0.3, 0.4) is 0 Å². The number of carbonyl (C=O) groups excluding carboxylic acids is 1. The van der Waals surface area contributed by atoms with E-state index in [1.807, 2.05) is 4.90 Å². The van der Waals surface area contributed by atoms with Crippen LogP contribution in [0.25, 0.3) is 0 Å². The molecule has 6 heteroatoms. The van der Waals surface area contributed by atoms with Gasteiger partial charge in [-0.15, -0.1) is 13.2 Å². The van der Waals surface area contributed by atoms with E-state index in [1.165, 1.54) is 6.92 Å². The molecule has 0 bridgehead atoms. The SMILES string of the molecule is CC(=O)CC1CCCN1CCOC(F)(F)F. The van der Waals surface area contributed by atoms with E-state index >= 15 is 0 Å². The molecule has 16 heavy (non-hydrogen) atoms. The summed E-state index contributed by atoms with van der Waals surface area (Å²) in [6, 6.07) is 0.0920. The molecule has 0 N–H and O–H groups in total. The van der Waals surface area contributed by atoms with Gasteiger partial charge in [0.2, 0.25) is 0 Å². The molecule has 1 fully saturated rings. The van der Waals surface area contributed by atoms with Crippen molar-refractivity contribution in [3.8, 4) is 0 Å². The molecule has 1 unspecified atom stereocenters. The second-order valence-corrected chi connectivity index (χ2v) is 4.03. The van der Waals surface area contributed by atoms with Crippen LogP contribution in [0.5, 0.6) is 0 Å². The number of ketones is 1. The van der Waals surface area contributed by atoms with Crippen LogP contribution < -0.4 is 0 Å². The van der Waals surface area contributed by atoms with Crippen molar-refractivity contribution < 1.29 is 22.7 Å². The minimum absolute atomic E-state index is 0.0774. The van der Waals surface area contributed by atoms with E-state index in [2.05, 4.69) is 4.74 Å². The highest BCUT2D eigenvalue weighted by Gasteiger charge is 2.30. The van der Waals surface area contributed by atoms with Crippen molar-refractivity contribution in [1.29, 1.82) is 0 Å². The second kappa shape index (κ2) is 5.63. The van der Waals surface area contributed by atoms with Gasteiger partial charge in [0.1, 0.15) is 5.78 Å². The predicted octanol–water partition coefficient (Wildman–Crippen LogP) is 1.97. The number of nitrogens with zero attached hydrogens (tertiary/aromatic N) is 1. The molecule has 1 saturated heterocycles. The lowest BCUT2D eigenvalue weighted by atomic mass is 10.1. The number of carbonyl (C=O) groups is 1. The number of rotatable bonds is 5. The zero-order valence-electron chi connectivity index (χ0n) is 9.22. The van der Waals surface area contributed by atoms with E-state index < -0.39 is 6.36 Å². The lowest BCUT2D eigenvalue weighted by Gasteiger charge is -2.23. The van der Waals surface area contributed by atoms with Crippen molar-refractivity contribution in [2.24, 2.45) is 0 Å². The van der Waals surface area contributed by atoms with Crippen molar-refractivity contribution in [3.05, 3.63) is 0 Å². The van der Waals surface area contributed by atoms with Crippen molar-refractivity contribution in [2.75, 3.05) is 19.7 Å². The summed E-state index contributed by atoms with van der Waals surface area (Å²) in [7, 11) is 0. The van der Waals surface area contributed by atoms with Gasteiger partial charge in [-0.25, -0.2) is 0 Å².